The minimum atomic E-state index is 0.673. The first-order valence-electron chi connectivity index (χ1n) is 8.18. The molecule has 0 spiro atoms. The quantitative estimate of drug-likeness (QED) is 0.708. The number of hydrogen-bond donors (Lipinski definition) is 1. The van der Waals surface area contributed by atoms with Crippen molar-refractivity contribution in [1.82, 2.24) is 10.2 Å². The van der Waals surface area contributed by atoms with Crippen LogP contribution in [-0.4, -0.2) is 36.1 Å². The zero-order valence-corrected chi connectivity index (χ0v) is 13.0. The first-order chi connectivity index (χ1) is 8.69. The Bertz CT molecular complexity index is 203. The lowest BCUT2D eigenvalue weighted by atomic mass is 9.96. The molecule has 2 nitrogen and oxygen atoms in total. The molecular formula is C16H34N2. The van der Waals surface area contributed by atoms with Crippen LogP contribution in [-0.2, 0) is 0 Å². The van der Waals surface area contributed by atoms with Crippen molar-refractivity contribution in [3.63, 3.8) is 0 Å². The van der Waals surface area contributed by atoms with Crippen LogP contribution in [0.15, 0.2) is 0 Å². The molecule has 1 aliphatic rings. The maximum atomic E-state index is 3.70. The topological polar surface area (TPSA) is 15.3 Å². The maximum Gasteiger partial charge on any atom is 0.0195 e. The van der Waals surface area contributed by atoms with Gasteiger partial charge in [-0.25, -0.2) is 0 Å². The second kappa shape index (κ2) is 8.92. The van der Waals surface area contributed by atoms with Gasteiger partial charge in [-0.15, -0.1) is 0 Å². The van der Waals surface area contributed by atoms with Crippen molar-refractivity contribution in [2.45, 2.75) is 90.8 Å². The Morgan fingerprint density at radius 2 is 1.94 bits per heavy atom. The molecule has 0 saturated carbocycles. The molecule has 0 aromatic rings. The zero-order chi connectivity index (χ0) is 13.4. The van der Waals surface area contributed by atoms with Gasteiger partial charge in [-0.2, -0.15) is 0 Å². The predicted octanol–water partition coefficient (Wildman–Crippen LogP) is 3.81. The third-order valence-corrected chi connectivity index (χ3v) is 4.34. The van der Waals surface area contributed by atoms with Gasteiger partial charge in [0, 0.05) is 24.7 Å². The molecule has 1 rings (SSSR count). The summed E-state index contributed by atoms with van der Waals surface area (Å²) in [5, 5.41) is 3.70. The monoisotopic (exact) mass is 254 g/mol. The van der Waals surface area contributed by atoms with E-state index in [1.807, 2.05) is 0 Å². The second-order valence-electron chi connectivity index (χ2n) is 6.12. The average Bonchev–Trinajstić information content (AvgIpc) is 2.37. The van der Waals surface area contributed by atoms with Crippen molar-refractivity contribution < 1.29 is 0 Å². The molecule has 0 aromatic heterocycles. The number of nitrogens with one attached hydrogen (secondary N) is 1. The largest absolute Gasteiger partial charge is 0.313 e. The molecule has 18 heavy (non-hydrogen) atoms. The highest BCUT2D eigenvalue weighted by Gasteiger charge is 2.25. The van der Waals surface area contributed by atoms with E-state index in [4.69, 9.17) is 0 Å². The molecular weight excluding hydrogens is 220 g/mol. The van der Waals surface area contributed by atoms with Gasteiger partial charge in [0.25, 0.3) is 0 Å². The Hall–Kier alpha value is -0.0800. The molecule has 1 saturated heterocycles. The lowest BCUT2D eigenvalue weighted by molar-refractivity contribution is 0.0941. The van der Waals surface area contributed by atoms with E-state index in [2.05, 4.69) is 37.9 Å². The summed E-state index contributed by atoms with van der Waals surface area (Å²) in [6.07, 6.45) is 9.55. The van der Waals surface area contributed by atoms with E-state index < -0.39 is 0 Å². The molecule has 0 radical (unpaired) electrons. The van der Waals surface area contributed by atoms with Gasteiger partial charge in [-0.1, -0.05) is 33.1 Å². The van der Waals surface area contributed by atoms with Crippen molar-refractivity contribution in [2.75, 3.05) is 13.1 Å². The number of rotatable bonds is 8. The van der Waals surface area contributed by atoms with Gasteiger partial charge in [0.05, 0.1) is 0 Å². The maximum absolute atomic E-state index is 3.70. The van der Waals surface area contributed by atoms with E-state index in [1.165, 1.54) is 51.5 Å². The van der Waals surface area contributed by atoms with Crippen LogP contribution < -0.4 is 5.32 Å². The van der Waals surface area contributed by atoms with Crippen LogP contribution in [0, 0.1) is 0 Å². The Balaban J connectivity index is 2.35. The molecule has 3 unspecified atom stereocenters. The van der Waals surface area contributed by atoms with Gasteiger partial charge >= 0.3 is 0 Å². The summed E-state index contributed by atoms with van der Waals surface area (Å²) in [4.78, 5) is 2.76. The SMILES string of the molecule is CCCC(C)NCC(C)N1CCCCC1CCC. The second-order valence-corrected chi connectivity index (χ2v) is 6.12. The van der Waals surface area contributed by atoms with Gasteiger partial charge < -0.3 is 5.32 Å². The number of nitrogens with zero attached hydrogens (tertiary/aromatic N) is 1. The first kappa shape index (κ1) is 16.0. The molecule has 0 bridgehead atoms. The van der Waals surface area contributed by atoms with Crippen LogP contribution >= 0.6 is 0 Å². The van der Waals surface area contributed by atoms with E-state index in [0.717, 1.165) is 12.6 Å². The Kier molecular flexibility index (Phi) is 7.92. The van der Waals surface area contributed by atoms with Gasteiger partial charge in [0.2, 0.25) is 0 Å². The van der Waals surface area contributed by atoms with E-state index in [9.17, 15) is 0 Å². The van der Waals surface area contributed by atoms with Crippen LogP contribution in [0.5, 0.6) is 0 Å². The fourth-order valence-electron chi connectivity index (χ4n) is 3.27. The molecule has 0 amide bonds. The van der Waals surface area contributed by atoms with Crippen molar-refractivity contribution in [3.8, 4) is 0 Å². The minimum Gasteiger partial charge on any atom is -0.313 e. The summed E-state index contributed by atoms with van der Waals surface area (Å²) in [7, 11) is 0. The smallest absolute Gasteiger partial charge is 0.0195 e. The number of piperidine rings is 1. The summed E-state index contributed by atoms with van der Waals surface area (Å²) in [5.74, 6) is 0. The van der Waals surface area contributed by atoms with Crippen LogP contribution in [0.3, 0.4) is 0 Å². The average molecular weight is 254 g/mol. The van der Waals surface area contributed by atoms with Crippen LogP contribution in [0.1, 0.15) is 72.6 Å². The first-order valence-corrected chi connectivity index (χ1v) is 8.18. The standard InChI is InChI=1S/C16H34N2/c1-5-9-14(3)17-13-15(4)18-12-8-7-11-16(18)10-6-2/h14-17H,5-13H2,1-4H3. The van der Waals surface area contributed by atoms with E-state index in [1.54, 1.807) is 0 Å². The summed E-state index contributed by atoms with van der Waals surface area (Å²) in [6.45, 7) is 11.8. The molecule has 2 heteroatoms. The molecule has 1 N–H and O–H groups in total. The predicted molar refractivity (Wildman–Crippen MR) is 81.1 cm³/mol. The van der Waals surface area contributed by atoms with E-state index in [0.29, 0.717) is 12.1 Å². The fourth-order valence-corrected chi connectivity index (χ4v) is 3.27. The van der Waals surface area contributed by atoms with Gasteiger partial charge in [-0.3, -0.25) is 4.90 Å². The Morgan fingerprint density at radius 1 is 1.17 bits per heavy atom. The Labute approximate surface area is 115 Å². The van der Waals surface area contributed by atoms with Crippen molar-refractivity contribution in [1.29, 1.82) is 0 Å². The summed E-state index contributed by atoms with van der Waals surface area (Å²) in [6, 6.07) is 2.22. The van der Waals surface area contributed by atoms with Gasteiger partial charge in [-0.05, 0) is 46.1 Å². The minimum absolute atomic E-state index is 0.673. The molecule has 0 aromatic carbocycles. The highest BCUT2D eigenvalue weighted by molar-refractivity contribution is 4.82. The number of hydrogen-bond acceptors (Lipinski definition) is 2. The van der Waals surface area contributed by atoms with Gasteiger partial charge in [0.1, 0.15) is 0 Å². The molecule has 3 atom stereocenters. The lowest BCUT2D eigenvalue weighted by Gasteiger charge is -2.40. The highest BCUT2D eigenvalue weighted by atomic mass is 15.2. The van der Waals surface area contributed by atoms with Gasteiger partial charge in [0.15, 0.2) is 0 Å². The summed E-state index contributed by atoms with van der Waals surface area (Å²) < 4.78 is 0. The molecule has 0 aliphatic carbocycles. The molecule has 1 fully saturated rings. The Morgan fingerprint density at radius 3 is 2.61 bits per heavy atom. The molecule has 1 heterocycles. The van der Waals surface area contributed by atoms with Crippen LogP contribution in [0.4, 0.5) is 0 Å². The number of likely N-dealkylation sites (tertiary alicyclic amines) is 1. The van der Waals surface area contributed by atoms with Crippen LogP contribution in [0.2, 0.25) is 0 Å². The fraction of sp³-hybridized carbons (Fsp3) is 1.00. The third-order valence-electron chi connectivity index (χ3n) is 4.34. The summed E-state index contributed by atoms with van der Waals surface area (Å²) >= 11 is 0. The third kappa shape index (κ3) is 5.27. The van der Waals surface area contributed by atoms with Crippen molar-refractivity contribution >= 4 is 0 Å². The van der Waals surface area contributed by atoms with E-state index in [-0.39, 0.29) is 0 Å². The zero-order valence-electron chi connectivity index (χ0n) is 13.0. The highest BCUT2D eigenvalue weighted by Crippen LogP contribution is 2.22. The van der Waals surface area contributed by atoms with Crippen LogP contribution in [0.25, 0.3) is 0 Å². The summed E-state index contributed by atoms with van der Waals surface area (Å²) in [5.41, 5.74) is 0. The van der Waals surface area contributed by atoms with E-state index >= 15 is 0 Å². The van der Waals surface area contributed by atoms with Crippen molar-refractivity contribution in [2.24, 2.45) is 0 Å². The lowest BCUT2D eigenvalue weighted by Crippen LogP contribution is -2.49. The molecule has 108 valence electrons. The normalized spacial score (nSPS) is 25.0. The molecule has 1 aliphatic heterocycles. The van der Waals surface area contributed by atoms with Crippen molar-refractivity contribution in [3.05, 3.63) is 0 Å².